The highest BCUT2D eigenvalue weighted by Crippen LogP contribution is 2.33. The molecule has 48 heavy (non-hydrogen) atoms. The van der Waals surface area contributed by atoms with Gasteiger partial charge in [-0.25, -0.2) is 9.59 Å². The number of benzene rings is 4. The zero-order chi connectivity index (χ0) is 34.0. The van der Waals surface area contributed by atoms with Crippen LogP contribution in [0.4, 0.5) is 4.79 Å². The van der Waals surface area contributed by atoms with Gasteiger partial charge < -0.3 is 24.6 Å². The summed E-state index contributed by atoms with van der Waals surface area (Å²) < 4.78 is 17.1. The maximum atomic E-state index is 13.6. The molecule has 1 unspecified atom stereocenters. The van der Waals surface area contributed by atoms with E-state index >= 15 is 0 Å². The number of nitrogens with one attached hydrogen (secondary N) is 1. The third kappa shape index (κ3) is 9.69. The lowest BCUT2D eigenvalue weighted by atomic mass is 9.86. The van der Waals surface area contributed by atoms with Crippen LogP contribution in [0.1, 0.15) is 61.4 Å². The van der Waals surface area contributed by atoms with Crippen molar-refractivity contribution in [2.75, 3.05) is 19.7 Å². The average molecular weight is 651 g/mol. The molecule has 8 nitrogen and oxygen atoms in total. The van der Waals surface area contributed by atoms with Crippen LogP contribution in [0.25, 0.3) is 0 Å². The number of nitrogens with zero attached hydrogens (tertiary/aromatic N) is 1. The van der Waals surface area contributed by atoms with Crippen molar-refractivity contribution < 1.29 is 28.9 Å². The molecule has 252 valence electrons. The molecule has 2 N–H and O–H groups in total. The fourth-order valence-corrected chi connectivity index (χ4v) is 5.73. The number of piperidine rings is 1. The van der Waals surface area contributed by atoms with E-state index in [2.05, 4.69) is 34.5 Å². The van der Waals surface area contributed by atoms with Crippen LogP contribution in [0.5, 0.6) is 5.75 Å². The molecule has 4 aromatic carbocycles. The maximum absolute atomic E-state index is 13.6. The van der Waals surface area contributed by atoms with Crippen LogP contribution >= 0.6 is 0 Å². The topological polar surface area (TPSA) is 97.3 Å². The van der Waals surface area contributed by atoms with Crippen LogP contribution in [0.3, 0.4) is 0 Å². The van der Waals surface area contributed by atoms with Gasteiger partial charge in [0.2, 0.25) is 5.60 Å². The Morgan fingerprint density at radius 1 is 0.771 bits per heavy atom. The summed E-state index contributed by atoms with van der Waals surface area (Å²) in [5.74, 6) is 0.155. The zero-order valence-electron chi connectivity index (χ0n) is 28.1. The first-order chi connectivity index (χ1) is 23.1. The Hall–Kier alpha value is -4.66. The van der Waals surface area contributed by atoms with E-state index in [0.29, 0.717) is 30.0 Å². The second-order valence-corrected chi connectivity index (χ2v) is 13.4. The van der Waals surface area contributed by atoms with E-state index in [4.69, 9.17) is 14.2 Å². The number of carbonyl (C=O) groups is 2. The van der Waals surface area contributed by atoms with Crippen molar-refractivity contribution >= 4 is 12.1 Å². The predicted molar refractivity (Wildman–Crippen MR) is 185 cm³/mol. The Bertz CT molecular complexity index is 1600. The van der Waals surface area contributed by atoms with Crippen LogP contribution in [0, 0.1) is 5.92 Å². The summed E-state index contributed by atoms with van der Waals surface area (Å²) in [6.45, 7) is 9.23. The molecule has 1 amide bonds. The van der Waals surface area contributed by atoms with Gasteiger partial charge in [-0.1, -0.05) is 97.1 Å². The van der Waals surface area contributed by atoms with Gasteiger partial charge in [0.15, 0.2) is 0 Å². The Kier molecular flexibility index (Phi) is 11.5. The fourth-order valence-electron chi connectivity index (χ4n) is 5.73. The van der Waals surface area contributed by atoms with E-state index in [-0.39, 0.29) is 12.5 Å². The summed E-state index contributed by atoms with van der Waals surface area (Å²) in [6, 6.07) is 34.0. The van der Waals surface area contributed by atoms with Gasteiger partial charge in [0, 0.05) is 13.1 Å². The lowest BCUT2D eigenvalue weighted by molar-refractivity contribution is -0.164. The second-order valence-electron chi connectivity index (χ2n) is 13.4. The van der Waals surface area contributed by atoms with Crippen molar-refractivity contribution in [1.82, 2.24) is 10.2 Å². The molecule has 0 aromatic heterocycles. The van der Waals surface area contributed by atoms with Gasteiger partial charge >= 0.3 is 12.1 Å². The molecule has 1 heterocycles. The van der Waals surface area contributed by atoms with Crippen LogP contribution < -0.4 is 10.1 Å². The molecule has 1 aliphatic heterocycles. The molecule has 1 aliphatic rings. The molecule has 8 heteroatoms. The predicted octanol–water partition coefficient (Wildman–Crippen LogP) is 6.98. The smallest absolute Gasteiger partial charge is 0.407 e. The molecule has 5 rings (SSSR count). The maximum Gasteiger partial charge on any atom is 0.407 e. The fraction of sp³-hybridized carbons (Fsp3) is 0.350. The number of likely N-dealkylation sites (tertiary alicyclic amines) is 1. The van der Waals surface area contributed by atoms with Crippen molar-refractivity contribution in [3.05, 3.63) is 137 Å². The summed E-state index contributed by atoms with van der Waals surface area (Å²) in [6.07, 6.45) is 1.41. The third-order valence-corrected chi connectivity index (χ3v) is 8.43. The van der Waals surface area contributed by atoms with Crippen molar-refractivity contribution in [3.63, 3.8) is 0 Å². The first-order valence-corrected chi connectivity index (χ1v) is 16.6. The largest absolute Gasteiger partial charge is 0.489 e. The molecule has 4 aromatic rings. The van der Waals surface area contributed by atoms with Crippen LogP contribution in [-0.2, 0) is 39.6 Å². The van der Waals surface area contributed by atoms with Crippen LogP contribution in [0.2, 0.25) is 0 Å². The highest BCUT2D eigenvalue weighted by Gasteiger charge is 2.42. The zero-order valence-corrected chi connectivity index (χ0v) is 28.1. The molecular weight excluding hydrogens is 604 g/mol. The molecule has 0 saturated carbocycles. The SMILES string of the molecule is CC(C)(C)OC(=O)NCc1ccc(COc2ccc(C(O)(C(=O)OCC3CCN(Cc4ccccc4)CC3)c3ccccc3)cc2)cc1. The number of aliphatic hydroxyl groups is 1. The Balaban J connectivity index is 1.15. The van der Waals surface area contributed by atoms with E-state index in [1.54, 1.807) is 48.5 Å². The summed E-state index contributed by atoms with van der Waals surface area (Å²) in [5.41, 5.74) is 1.54. The lowest BCUT2D eigenvalue weighted by Gasteiger charge is -2.33. The lowest BCUT2D eigenvalue weighted by Crippen LogP contribution is -2.40. The number of hydrogen-bond donors (Lipinski definition) is 2. The van der Waals surface area contributed by atoms with E-state index in [1.165, 1.54) is 5.56 Å². The average Bonchev–Trinajstić information content (AvgIpc) is 3.10. The number of alkyl carbamates (subject to hydrolysis) is 1. The van der Waals surface area contributed by atoms with Crippen molar-refractivity contribution in [1.29, 1.82) is 0 Å². The number of hydrogen-bond acceptors (Lipinski definition) is 7. The van der Waals surface area contributed by atoms with Gasteiger partial charge in [-0.2, -0.15) is 0 Å². The van der Waals surface area contributed by atoms with E-state index in [1.807, 2.05) is 57.2 Å². The molecule has 0 aliphatic carbocycles. The number of carbonyl (C=O) groups excluding carboxylic acids is 2. The van der Waals surface area contributed by atoms with Crippen molar-refractivity contribution in [2.24, 2.45) is 5.92 Å². The summed E-state index contributed by atoms with van der Waals surface area (Å²) >= 11 is 0. The van der Waals surface area contributed by atoms with Gasteiger partial charge in [0.1, 0.15) is 18.0 Å². The molecule has 0 spiro atoms. The monoisotopic (exact) mass is 650 g/mol. The third-order valence-electron chi connectivity index (χ3n) is 8.43. The molecular formula is C40H46N2O6. The van der Waals surface area contributed by atoms with Crippen LogP contribution in [0.15, 0.2) is 109 Å². The number of rotatable bonds is 12. The first kappa shape index (κ1) is 34.7. The first-order valence-electron chi connectivity index (χ1n) is 16.6. The molecule has 0 bridgehead atoms. The van der Waals surface area contributed by atoms with Crippen molar-refractivity contribution in [3.8, 4) is 5.75 Å². The van der Waals surface area contributed by atoms with E-state index < -0.39 is 23.3 Å². The highest BCUT2D eigenvalue weighted by molar-refractivity contribution is 5.85. The normalized spacial score (nSPS) is 15.2. The number of amides is 1. The summed E-state index contributed by atoms with van der Waals surface area (Å²) in [4.78, 5) is 28.0. The van der Waals surface area contributed by atoms with Crippen LogP contribution in [-0.4, -0.2) is 47.4 Å². The Morgan fingerprint density at radius 2 is 1.35 bits per heavy atom. The quantitative estimate of drug-likeness (QED) is 0.160. The van der Waals surface area contributed by atoms with E-state index in [0.717, 1.165) is 43.6 Å². The summed E-state index contributed by atoms with van der Waals surface area (Å²) in [5, 5.41) is 14.7. The van der Waals surface area contributed by atoms with Gasteiger partial charge in [0.05, 0.1) is 6.61 Å². The molecule has 1 saturated heterocycles. The minimum absolute atomic E-state index is 0.243. The second kappa shape index (κ2) is 16.0. The minimum Gasteiger partial charge on any atom is -0.489 e. The number of esters is 1. The molecule has 1 fully saturated rings. The highest BCUT2D eigenvalue weighted by atomic mass is 16.6. The Labute approximate surface area is 283 Å². The van der Waals surface area contributed by atoms with Gasteiger partial charge in [-0.15, -0.1) is 0 Å². The van der Waals surface area contributed by atoms with E-state index in [9.17, 15) is 14.7 Å². The van der Waals surface area contributed by atoms with Crippen molar-refractivity contribution in [2.45, 2.75) is 64.5 Å². The minimum atomic E-state index is -1.96. The molecule has 1 atom stereocenters. The number of ether oxygens (including phenoxy) is 3. The standard InChI is InChI=1S/C40H46N2O6/c1-39(2,3)48-38(44)41-26-30-14-16-32(17-15-30)28-46-36-20-18-35(19-21-36)40(45,34-12-8-5-9-13-34)37(43)47-29-33-22-24-42(25-23-33)27-31-10-6-4-7-11-31/h4-21,33,45H,22-29H2,1-3H3,(H,41,44). The summed E-state index contributed by atoms with van der Waals surface area (Å²) in [7, 11) is 0. The van der Waals surface area contributed by atoms with Gasteiger partial charge in [0.25, 0.3) is 0 Å². The Morgan fingerprint density at radius 3 is 1.98 bits per heavy atom. The van der Waals surface area contributed by atoms with Gasteiger partial charge in [-0.05, 0) is 92.6 Å². The van der Waals surface area contributed by atoms with Gasteiger partial charge in [-0.3, -0.25) is 4.90 Å². The molecule has 0 radical (unpaired) electrons.